The summed E-state index contributed by atoms with van der Waals surface area (Å²) in [4.78, 5) is 22.8. The fourth-order valence-electron chi connectivity index (χ4n) is 1.47. The van der Waals surface area contributed by atoms with Crippen LogP contribution in [0, 0.1) is 0 Å². The summed E-state index contributed by atoms with van der Waals surface area (Å²) in [6.45, 7) is 0.914. The Morgan fingerprint density at radius 2 is 1.76 bits per heavy atom. The van der Waals surface area contributed by atoms with Crippen LogP contribution in [0.3, 0.4) is 0 Å². The Morgan fingerprint density at radius 3 is 2.24 bits per heavy atom. The molecule has 0 bridgehead atoms. The fraction of sp³-hybridized carbons (Fsp3) is 0.385. The minimum absolute atomic E-state index is 0.354. The van der Waals surface area contributed by atoms with Crippen LogP contribution < -0.4 is 9.47 Å². The maximum absolute atomic E-state index is 12.5. The van der Waals surface area contributed by atoms with E-state index in [2.05, 4.69) is 14.2 Å². The van der Waals surface area contributed by atoms with Crippen molar-refractivity contribution in [2.24, 2.45) is 0 Å². The zero-order valence-corrected chi connectivity index (χ0v) is 13.0. The van der Waals surface area contributed by atoms with Crippen LogP contribution in [-0.4, -0.2) is 37.0 Å². The lowest BCUT2D eigenvalue weighted by Gasteiger charge is -2.18. The average molecular weight is 395 g/mol. The van der Waals surface area contributed by atoms with Crippen molar-refractivity contribution in [3.63, 3.8) is 0 Å². The Morgan fingerprint density at radius 1 is 1.16 bits per heavy atom. The third-order valence-electron chi connectivity index (χ3n) is 2.40. The fourth-order valence-corrected chi connectivity index (χ4v) is 1.63. The van der Waals surface area contributed by atoms with Gasteiger partial charge in [0.15, 0.2) is 5.75 Å². The van der Waals surface area contributed by atoms with Gasteiger partial charge in [-0.15, -0.1) is 13.2 Å². The molecule has 0 saturated carbocycles. The second kappa shape index (κ2) is 7.81. The highest BCUT2D eigenvalue weighted by Gasteiger charge is 2.49. The van der Waals surface area contributed by atoms with E-state index in [1.165, 1.54) is 6.92 Å². The Kier molecular flexibility index (Phi) is 6.52. The first-order chi connectivity index (χ1) is 11.3. The van der Waals surface area contributed by atoms with Gasteiger partial charge in [0.1, 0.15) is 5.75 Å². The highest BCUT2D eigenvalue weighted by molar-refractivity contribution is 6.32. The van der Waals surface area contributed by atoms with Crippen molar-refractivity contribution in [1.29, 1.82) is 0 Å². The molecule has 0 amide bonds. The monoisotopic (exact) mass is 394 g/mol. The van der Waals surface area contributed by atoms with Gasteiger partial charge in [-0.05, 0) is 19.1 Å². The number of ketones is 1. The van der Waals surface area contributed by atoms with Crippen LogP contribution in [0.2, 0.25) is 5.02 Å². The van der Waals surface area contributed by atoms with Crippen molar-refractivity contribution >= 4 is 23.4 Å². The zero-order valence-electron chi connectivity index (χ0n) is 12.2. The molecule has 0 spiro atoms. The Balaban J connectivity index is 3.14. The highest BCUT2D eigenvalue weighted by atomic mass is 35.5. The van der Waals surface area contributed by atoms with Gasteiger partial charge in [-0.2, -0.15) is 13.2 Å². The number of benzene rings is 1. The van der Waals surface area contributed by atoms with Crippen LogP contribution in [-0.2, 0) is 14.3 Å². The first-order valence-electron chi connectivity index (χ1n) is 6.34. The summed E-state index contributed by atoms with van der Waals surface area (Å²) in [6.07, 6.45) is -13.3. The lowest BCUT2D eigenvalue weighted by Crippen LogP contribution is -2.44. The van der Waals surface area contributed by atoms with Gasteiger partial charge in [0, 0.05) is 6.07 Å². The van der Waals surface area contributed by atoms with E-state index >= 15 is 0 Å². The number of alkyl halides is 6. The molecule has 0 saturated heterocycles. The van der Waals surface area contributed by atoms with Gasteiger partial charge in [0.2, 0.25) is 0 Å². The van der Waals surface area contributed by atoms with Gasteiger partial charge in [-0.25, -0.2) is 4.79 Å². The topological polar surface area (TPSA) is 61.8 Å². The molecule has 1 atom stereocenters. The van der Waals surface area contributed by atoms with Crippen molar-refractivity contribution in [1.82, 2.24) is 0 Å². The third kappa shape index (κ3) is 6.33. The standard InChI is InChI=1S/C13H9ClF6O5/c1-2-23-11(22)9(10(21)12(15,16)17)24-6-3-4-7(14)8(5-6)25-13(18,19)20/h3-5,9H,2H2,1H3. The summed E-state index contributed by atoms with van der Waals surface area (Å²) >= 11 is 5.47. The van der Waals surface area contributed by atoms with Crippen molar-refractivity contribution in [2.75, 3.05) is 6.61 Å². The molecule has 0 radical (unpaired) electrons. The summed E-state index contributed by atoms with van der Waals surface area (Å²) in [5, 5.41) is -0.528. The maximum atomic E-state index is 12.5. The van der Waals surface area contributed by atoms with Gasteiger partial charge < -0.3 is 14.2 Å². The molecule has 0 heterocycles. The minimum Gasteiger partial charge on any atom is -0.470 e. The quantitative estimate of drug-likeness (QED) is 0.418. The van der Waals surface area contributed by atoms with Crippen LogP contribution in [0.5, 0.6) is 11.5 Å². The van der Waals surface area contributed by atoms with Gasteiger partial charge in [0.05, 0.1) is 11.6 Å². The SMILES string of the molecule is CCOC(=O)C(Oc1ccc(Cl)c(OC(F)(F)F)c1)C(=O)C(F)(F)F. The van der Waals surface area contributed by atoms with Gasteiger partial charge in [-0.3, -0.25) is 4.79 Å². The summed E-state index contributed by atoms with van der Waals surface area (Å²) in [6, 6.07) is 2.14. The largest absolute Gasteiger partial charge is 0.573 e. The van der Waals surface area contributed by atoms with Crippen LogP contribution in [0.25, 0.3) is 0 Å². The van der Waals surface area contributed by atoms with Crippen molar-refractivity contribution < 1.29 is 50.1 Å². The predicted molar refractivity (Wildman–Crippen MR) is 70.2 cm³/mol. The predicted octanol–water partition coefficient (Wildman–Crippen LogP) is 3.68. The molecular weight excluding hydrogens is 386 g/mol. The normalized spacial score (nSPS) is 13.1. The van der Waals surface area contributed by atoms with E-state index in [1.54, 1.807) is 0 Å². The Bertz CT molecular complexity index is 643. The lowest BCUT2D eigenvalue weighted by atomic mass is 10.2. The molecule has 1 rings (SSSR count). The number of hydrogen-bond acceptors (Lipinski definition) is 5. The number of ether oxygens (including phenoxy) is 3. The van der Waals surface area contributed by atoms with E-state index in [9.17, 15) is 35.9 Å². The van der Waals surface area contributed by atoms with Crippen LogP contribution in [0.4, 0.5) is 26.3 Å². The summed E-state index contributed by atoms with van der Waals surface area (Å²) in [5.74, 6) is -5.93. The molecule has 1 unspecified atom stereocenters. The zero-order chi connectivity index (χ0) is 19.4. The number of carbonyl (C=O) groups excluding carboxylic acids is 2. The van der Waals surface area contributed by atoms with Gasteiger partial charge >= 0.3 is 18.5 Å². The summed E-state index contributed by atoms with van der Waals surface area (Å²) in [5.41, 5.74) is 0. The molecule has 1 aromatic rings. The second-order valence-corrected chi connectivity index (χ2v) is 4.66. The first-order valence-corrected chi connectivity index (χ1v) is 6.72. The van der Waals surface area contributed by atoms with Gasteiger partial charge in [0.25, 0.3) is 11.9 Å². The average Bonchev–Trinajstić information content (AvgIpc) is 2.45. The molecule has 25 heavy (non-hydrogen) atoms. The van der Waals surface area contributed by atoms with Gasteiger partial charge in [-0.1, -0.05) is 11.6 Å². The van der Waals surface area contributed by atoms with Crippen molar-refractivity contribution in [3.8, 4) is 11.5 Å². The summed E-state index contributed by atoms with van der Waals surface area (Å²) in [7, 11) is 0. The molecule has 0 aliphatic carbocycles. The number of esters is 1. The smallest absolute Gasteiger partial charge is 0.470 e. The Hall–Kier alpha value is -2.17. The molecule has 0 aliphatic rings. The van der Waals surface area contributed by atoms with Crippen molar-refractivity contribution in [2.45, 2.75) is 25.6 Å². The van der Waals surface area contributed by atoms with Crippen LogP contribution >= 0.6 is 11.6 Å². The van der Waals surface area contributed by atoms with E-state index in [0.717, 1.165) is 12.1 Å². The summed E-state index contributed by atoms with van der Waals surface area (Å²) < 4.78 is 86.7. The highest BCUT2D eigenvalue weighted by Crippen LogP contribution is 2.34. The molecule has 0 aliphatic heterocycles. The minimum atomic E-state index is -5.44. The number of carbonyl (C=O) groups is 2. The van der Waals surface area contributed by atoms with Crippen molar-refractivity contribution in [3.05, 3.63) is 23.2 Å². The number of halogens is 7. The molecular formula is C13H9ClF6O5. The number of hydrogen-bond donors (Lipinski definition) is 0. The molecule has 0 aromatic heterocycles. The molecule has 5 nitrogen and oxygen atoms in total. The Labute approximate surface area is 141 Å². The number of Topliss-reactive ketones (excluding diaryl/α,β-unsaturated/α-hetero) is 1. The molecule has 140 valence electrons. The molecule has 0 fully saturated rings. The van der Waals surface area contributed by atoms with E-state index in [-0.39, 0.29) is 6.61 Å². The van der Waals surface area contributed by atoms with E-state index < -0.39 is 46.9 Å². The van der Waals surface area contributed by atoms with Crippen LogP contribution in [0.1, 0.15) is 6.92 Å². The first kappa shape index (κ1) is 20.9. The van der Waals surface area contributed by atoms with E-state index in [0.29, 0.717) is 6.07 Å². The molecule has 12 heteroatoms. The van der Waals surface area contributed by atoms with Crippen LogP contribution in [0.15, 0.2) is 18.2 Å². The number of rotatable bonds is 6. The molecule has 1 aromatic carbocycles. The molecule has 0 N–H and O–H groups in total. The maximum Gasteiger partial charge on any atom is 0.573 e. The third-order valence-corrected chi connectivity index (χ3v) is 2.71. The van der Waals surface area contributed by atoms with E-state index in [4.69, 9.17) is 11.6 Å². The lowest BCUT2D eigenvalue weighted by molar-refractivity contribution is -0.274. The van der Waals surface area contributed by atoms with E-state index in [1.807, 2.05) is 0 Å². The second-order valence-electron chi connectivity index (χ2n) is 4.25.